The van der Waals surface area contributed by atoms with E-state index in [1.807, 2.05) is 25.1 Å². The van der Waals surface area contributed by atoms with Gasteiger partial charge in [-0.05, 0) is 47.4 Å². The van der Waals surface area contributed by atoms with E-state index in [2.05, 4.69) is 0 Å². The number of thiophene rings is 1. The number of allylic oxidation sites excluding steroid dienone is 1. The van der Waals surface area contributed by atoms with Crippen LogP contribution in [-0.2, 0) is 24.0 Å². The van der Waals surface area contributed by atoms with Crippen LogP contribution in [0.4, 0.5) is 13.2 Å². The van der Waals surface area contributed by atoms with E-state index in [0.29, 0.717) is 40.4 Å². The number of carbonyl (C=O) groups is 1. The Kier molecular flexibility index (Phi) is 6.01. The van der Waals surface area contributed by atoms with Crippen molar-refractivity contribution in [3.05, 3.63) is 81.1 Å². The van der Waals surface area contributed by atoms with Gasteiger partial charge in [-0.1, -0.05) is 43.3 Å². The molecule has 0 spiro atoms. The van der Waals surface area contributed by atoms with Gasteiger partial charge in [0.2, 0.25) is 0 Å². The molecule has 0 saturated carbocycles. The van der Waals surface area contributed by atoms with Crippen molar-refractivity contribution >= 4 is 23.2 Å². The van der Waals surface area contributed by atoms with Crippen LogP contribution in [-0.4, -0.2) is 5.78 Å². The summed E-state index contributed by atoms with van der Waals surface area (Å²) >= 11 is 0.709. The highest BCUT2D eigenvalue weighted by Gasteiger charge is 2.36. The average molecular weight is 443 g/mol. The average Bonchev–Trinajstić information content (AvgIpc) is 3.37. The van der Waals surface area contributed by atoms with Gasteiger partial charge in [-0.2, -0.15) is 13.2 Å². The van der Waals surface area contributed by atoms with Gasteiger partial charge in [0.15, 0.2) is 5.78 Å². The van der Waals surface area contributed by atoms with E-state index >= 15 is 0 Å². The summed E-state index contributed by atoms with van der Waals surface area (Å²) in [5.74, 6) is 0.732. The number of alkyl halides is 3. The molecule has 0 atom stereocenters. The Morgan fingerprint density at radius 1 is 1.10 bits per heavy atom. The van der Waals surface area contributed by atoms with E-state index in [0.717, 1.165) is 23.1 Å². The van der Waals surface area contributed by atoms with Crippen LogP contribution in [0.3, 0.4) is 0 Å². The molecule has 0 bridgehead atoms. The Hall–Kier alpha value is -2.86. The second-order valence-corrected chi connectivity index (χ2v) is 8.62. The molecule has 0 amide bonds. The first-order valence-corrected chi connectivity index (χ1v) is 10.9. The van der Waals surface area contributed by atoms with Gasteiger partial charge in [-0.3, -0.25) is 4.79 Å². The van der Waals surface area contributed by atoms with Crippen molar-refractivity contribution < 1.29 is 22.7 Å². The first-order chi connectivity index (χ1) is 14.8. The molecule has 2 aromatic carbocycles. The van der Waals surface area contributed by atoms with Gasteiger partial charge in [0.1, 0.15) is 17.2 Å². The molecule has 6 heteroatoms. The second-order valence-electron chi connectivity index (χ2n) is 7.49. The Labute approximate surface area is 183 Å². The third kappa shape index (κ3) is 4.74. The molecular weight excluding hydrogens is 421 g/mol. The van der Waals surface area contributed by atoms with Crippen LogP contribution in [0.1, 0.15) is 40.6 Å². The standard InChI is InChI=1S/C25H21F3O2S/c1-2-6-23(29)19-11-17-9-10-20(13-18(17)12-19)30-15-21-14-22(16-7-4-3-5-8-16)24(31-21)25(26,27)28/h3-5,7-10,12-14H,2,6,11,15H2,1H3. The molecule has 3 aromatic rings. The van der Waals surface area contributed by atoms with E-state index in [9.17, 15) is 18.0 Å². The van der Waals surface area contributed by atoms with Gasteiger partial charge < -0.3 is 4.74 Å². The minimum atomic E-state index is -4.42. The summed E-state index contributed by atoms with van der Waals surface area (Å²) in [6.07, 6.45) is -0.567. The van der Waals surface area contributed by atoms with Gasteiger partial charge in [-0.15, -0.1) is 11.3 Å². The highest BCUT2D eigenvalue weighted by molar-refractivity contribution is 7.12. The molecule has 1 aliphatic rings. The summed E-state index contributed by atoms with van der Waals surface area (Å²) in [7, 11) is 0. The Balaban J connectivity index is 1.53. The van der Waals surface area contributed by atoms with Crippen molar-refractivity contribution in [3.63, 3.8) is 0 Å². The monoisotopic (exact) mass is 442 g/mol. The Morgan fingerprint density at radius 2 is 1.87 bits per heavy atom. The molecule has 31 heavy (non-hydrogen) atoms. The first kappa shape index (κ1) is 21.4. The molecule has 0 aliphatic heterocycles. The van der Waals surface area contributed by atoms with E-state index in [1.165, 1.54) is 0 Å². The molecule has 4 rings (SSSR count). The second kappa shape index (κ2) is 8.71. The van der Waals surface area contributed by atoms with Gasteiger partial charge in [0, 0.05) is 28.9 Å². The normalized spacial score (nSPS) is 13.1. The predicted octanol–water partition coefficient (Wildman–Crippen LogP) is 7.32. The summed E-state index contributed by atoms with van der Waals surface area (Å²) in [6, 6.07) is 15.7. The van der Waals surface area contributed by atoms with Crippen LogP contribution < -0.4 is 4.74 Å². The number of ketones is 1. The maximum Gasteiger partial charge on any atom is 0.426 e. The highest BCUT2D eigenvalue weighted by Crippen LogP contribution is 2.43. The quantitative estimate of drug-likeness (QED) is 0.383. The van der Waals surface area contributed by atoms with Crippen molar-refractivity contribution in [2.75, 3.05) is 0 Å². The van der Waals surface area contributed by atoms with Crippen molar-refractivity contribution in [1.82, 2.24) is 0 Å². The molecule has 1 aromatic heterocycles. The Bertz CT molecular complexity index is 1130. The lowest BCUT2D eigenvalue weighted by atomic mass is 10.0. The summed E-state index contributed by atoms with van der Waals surface area (Å²) in [5, 5.41) is 0. The van der Waals surface area contributed by atoms with Crippen LogP contribution in [0.15, 0.2) is 60.2 Å². The number of hydrogen-bond acceptors (Lipinski definition) is 3. The number of ether oxygens (including phenoxy) is 1. The third-order valence-electron chi connectivity index (χ3n) is 5.17. The van der Waals surface area contributed by atoms with E-state index in [4.69, 9.17) is 4.74 Å². The fourth-order valence-corrected chi connectivity index (χ4v) is 4.64. The largest absolute Gasteiger partial charge is 0.488 e. The molecule has 0 saturated heterocycles. The third-order valence-corrected chi connectivity index (χ3v) is 6.32. The summed E-state index contributed by atoms with van der Waals surface area (Å²) in [5.41, 5.74) is 3.50. The number of carbonyl (C=O) groups excluding carboxylic acids is 1. The minimum Gasteiger partial charge on any atom is -0.488 e. The Morgan fingerprint density at radius 3 is 2.58 bits per heavy atom. The van der Waals surface area contributed by atoms with Gasteiger partial charge in [0.05, 0.1) is 0 Å². The topological polar surface area (TPSA) is 26.3 Å². The van der Waals surface area contributed by atoms with Gasteiger partial charge in [-0.25, -0.2) is 0 Å². The predicted molar refractivity (Wildman–Crippen MR) is 117 cm³/mol. The SMILES string of the molecule is CCCC(=O)C1=Cc2cc(OCc3cc(-c4ccccc4)c(C(F)(F)F)s3)ccc2C1. The number of benzene rings is 2. The number of halogens is 3. The van der Waals surface area contributed by atoms with Crippen LogP contribution in [0, 0.1) is 0 Å². The molecule has 1 aliphatic carbocycles. The maximum atomic E-state index is 13.6. The van der Waals surface area contributed by atoms with Gasteiger partial charge >= 0.3 is 6.18 Å². The number of fused-ring (bicyclic) bond motifs is 1. The van der Waals surface area contributed by atoms with Crippen molar-refractivity contribution in [2.45, 2.75) is 39.0 Å². The molecule has 2 nitrogen and oxygen atoms in total. The van der Waals surface area contributed by atoms with E-state index < -0.39 is 11.1 Å². The van der Waals surface area contributed by atoms with Crippen LogP contribution in [0.25, 0.3) is 17.2 Å². The number of rotatable bonds is 7. The summed E-state index contributed by atoms with van der Waals surface area (Å²) < 4.78 is 46.5. The van der Waals surface area contributed by atoms with Crippen molar-refractivity contribution in [3.8, 4) is 16.9 Å². The lowest BCUT2D eigenvalue weighted by Crippen LogP contribution is -2.03. The molecule has 0 fully saturated rings. The van der Waals surface area contributed by atoms with Crippen LogP contribution in [0.2, 0.25) is 0 Å². The maximum absolute atomic E-state index is 13.6. The van der Waals surface area contributed by atoms with E-state index in [-0.39, 0.29) is 18.0 Å². The summed E-state index contributed by atoms with van der Waals surface area (Å²) in [6.45, 7) is 2.02. The minimum absolute atomic E-state index is 0.0463. The lowest BCUT2D eigenvalue weighted by Gasteiger charge is -2.07. The fourth-order valence-electron chi connectivity index (χ4n) is 3.68. The van der Waals surface area contributed by atoms with Crippen LogP contribution >= 0.6 is 11.3 Å². The molecule has 1 heterocycles. The number of hydrogen-bond donors (Lipinski definition) is 0. The molecule has 0 unspecified atom stereocenters. The van der Waals surface area contributed by atoms with Gasteiger partial charge in [0.25, 0.3) is 0 Å². The zero-order valence-electron chi connectivity index (χ0n) is 17.0. The zero-order chi connectivity index (χ0) is 22.0. The summed E-state index contributed by atoms with van der Waals surface area (Å²) in [4.78, 5) is 12.0. The fraction of sp³-hybridized carbons (Fsp3) is 0.240. The molecule has 160 valence electrons. The van der Waals surface area contributed by atoms with Crippen molar-refractivity contribution in [2.24, 2.45) is 0 Å². The smallest absolute Gasteiger partial charge is 0.426 e. The van der Waals surface area contributed by atoms with Crippen molar-refractivity contribution in [1.29, 1.82) is 0 Å². The van der Waals surface area contributed by atoms with E-state index in [1.54, 1.807) is 42.5 Å². The molecular formula is C25H21F3O2S. The lowest BCUT2D eigenvalue weighted by molar-refractivity contribution is -0.133. The number of Topliss-reactive ketones (excluding diaryl/α,β-unsaturated/α-hetero) is 1. The zero-order valence-corrected chi connectivity index (χ0v) is 17.8. The molecule has 0 radical (unpaired) electrons. The van der Waals surface area contributed by atoms with Crippen LogP contribution in [0.5, 0.6) is 5.75 Å². The first-order valence-electron chi connectivity index (χ1n) is 10.1. The molecule has 0 N–H and O–H groups in total. The highest BCUT2D eigenvalue weighted by atomic mass is 32.1.